The smallest absolute Gasteiger partial charge is 0.231 e. The summed E-state index contributed by atoms with van der Waals surface area (Å²) in [6, 6.07) is 0.312. The molecule has 2 heterocycles. The zero-order valence-corrected chi connectivity index (χ0v) is 11.3. The zero-order chi connectivity index (χ0) is 12.4. The molecule has 17 heavy (non-hydrogen) atoms. The van der Waals surface area contributed by atoms with Crippen LogP contribution in [0, 0.1) is 6.92 Å². The first kappa shape index (κ1) is 12.3. The van der Waals surface area contributed by atoms with E-state index in [0.29, 0.717) is 17.8 Å². The molecule has 0 spiro atoms. The van der Waals surface area contributed by atoms with E-state index >= 15 is 0 Å². The minimum atomic E-state index is 0.209. The molecule has 2 atom stereocenters. The van der Waals surface area contributed by atoms with E-state index in [2.05, 4.69) is 47.0 Å². The first-order valence-electron chi connectivity index (χ1n) is 5.67. The largest absolute Gasteiger partial charge is 0.339 e. The van der Waals surface area contributed by atoms with Crippen molar-refractivity contribution in [2.75, 3.05) is 7.05 Å². The third kappa shape index (κ3) is 2.40. The Morgan fingerprint density at radius 3 is 2.71 bits per heavy atom. The summed E-state index contributed by atoms with van der Waals surface area (Å²) in [4.78, 5) is 4.47. The molecule has 0 saturated heterocycles. The Labute approximate surface area is 105 Å². The van der Waals surface area contributed by atoms with Gasteiger partial charge in [-0.25, -0.2) is 0 Å². The molecule has 4 nitrogen and oxygen atoms in total. The number of likely N-dealkylation sites (N-methyl/N-ethyl adjacent to an activating group) is 1. The molecule has 0 amide bonds. The van der Waals surface area contributed by atoms with Gasteiger partial charge < -0.3 is 9.84 Å². The number of thiophene rings is 1. The van der Waals surface area contributed by atoms with Crippen molar-refractivity contribution >= 4 is 11.3 Å². The van der Waals surface area contributed by atoms with E-state index in [1.54, 1.807) is 11.3 Å². The van der Waals surface area contributed by atoms with Crippen LogP contribution < -0.4 is 5.32 Å². The third-order valence-electron chi connectivity index (χ3n) is 3.13. The monoisotopic (exact) mass is 251 g/mol. The van der Waals surface area contributed by atoms with Gasteiger partial charge in [0, 0.05) is 17.0 Å². The highest BCUT2D eigenvalue weighted by Gasteiger charge is 2.20. The summed E-state index contributed by atoms with van der Waals surface area (Å²) >= 11 is 1.66. The molecule has 0 radical (unpaired) electrons. The fourth-order valence-electron chi connectivity index (χ4n) is 1.58. The highest BCUT2D eigenvalue weighted by Crippen LogP contribution is 2.26. The number of nitrogens with one attached hydrogen (secondary N) is 1. The molecule has 0 aliphatic rings. The standard InChI is InChI=1S/C12H17N3OS/c1-7-5-17-6-10(7)11-14-12(16-15-11)8(2)9(3)13-4/h5-6,8-9,13H,1-4H3. The fourth-order valence-corrected chi connectivity index (χ4v) is 2.41. The summed E-state index contributed by atoms with van der Waals surface area (Å²) in [5, 5.41) is 11.4. The van der Waals surface area contributed by atoms with E-state index in [1.807, 2.05) is 7.05 Å². The summed E-state index contributed by atoms with van der Waals surface area (Å²) in [5.41, 5.74) is 2.26. The lowest BCUT2D eigenvalue weighted by Gasteiger charge is -2.14. The molecule has 0 aliphatic carbocycles. The van der Waals surface area contributed by atoms with Gasteiger partial charge in [-0.1, -0.05) is 12.1 Å². The SMILES string of the molecule is CNC(C)C(C)c1nc(-c2cscc2C)no1. The average molecular weight is 251 g/mol. The van der Waals surface area contributed by atoms with E-state index in [1.165, 1.54) is 5.56 Å². The summed E-state index contributed by atoms with van der Waals surface area (Å²) in [6.45, 7) is 6.24. The minimum absolute atomic E-state index is 0.209. The Kier molecular flexibility index (Phi) is 3.59. The second-order valence-corrected chi connectivity index (χ2v) is 5.03. The van der Waals surface area contributed by atoms with E-state index in [-0.39, 0.29) is 5.92 Å². The molecule has 2 aromatic rings. The van der Waals surface area contributed by atoms with Gasteiger partial charge in [-0.05, 0) is 31.8 Å². The molecule has 0 fully saturated rings. The normalized spacial score (nSPS) is 14.8. The topological polar surface area (TPSA) is 51.0 Å². The van der Waals surface area contributed by atoms with E-state index in [0.717, 1.165) is 5.56 Å². The summed E-state index contributed by atoms with van der Waals surface area (Å²) in [5.74, 6) is 1.58. The molecular formula is C12H17N3OS. The number of hydrogen-bond donors (Lipinski definition) is 1. The summed E-state index contributed by atoms with van der Waals surface area (Å²) < 4.78 is 5.33. The van der Waals surface area contributed by atoms with Crippen LogP contribution in [0.25, 0.3) is 11.4 Å². The molecule has 2 rings (SSSR count). The average Bonchev–Trinajstić information content (AvgIpc) is 2.95. The predicted octanol–water partition coefficient (Wildman–Crippen LogP) is 2.82. The van der Waals surface area contributed by atoms with Crippen molar-refractivity contribution in [1.82, 2.24) is 15.5 Å². The quantitative estimate of drug-likeness (QED) is 0.907. The molecule has 0 aromatic carbocycles. The first-order chi connectivity index (χ1) is 8.13. The van der Waals surface area contributed by atoms with Crippen molar-refractivity contribution in [1.29, 1.82) is 0 Å². The molecule has 0 aliphatic heterocycles. The maximum absolute atomic E-state index is 5.33. The van der Waals surface area contributed by atoms with Crippen molar-refractivity contribution in [2.45, 2.75) is 32.7 Å². The molecule has 2 aromatic heterocycles. The zero-order valence-electron chi connectivity index (χ0n) is 10.5. The van der Waals surface area contributed by atoms with Gasteiger partial charge in [0.15, 0.2) is 0 Å². The molecule has 92 valence electrons. The lowest BCUT2D eigenvalue weighted by Crippen LogP contribution is -2.27. The summed E-state index contributed by atoms with van der Waals surface area (Å²) in [7, 11) is 1.93. The third-order valence-corrected chi connectivity index (χ3v) is 3.99. The minimum Gasteiger partial charge on any atom is -0.339 e. The molecule has 2 unspecified atom stereocenters. The second kappa shape index (κ2) is 4.98. The Morgan fingerprint density at radius 2 is 2.12 bits per heavy atom. The van der Waals surface area contributed by atoms with Crippen molar-refractivity contribution < 1.29 is 4.52 Å². The number of aromatic nitrogens is 2. The van der Waals surface area contributed by atoms with Crippen LogP contribution in [0.1, 0.15) is 31.2 Å². The number of nitrogens with zero attached hydrogens (tertiary/aromatic N) is 2. The molecular weight excluding hydrogens is 234 g/mol. The van der Waals surface area contributed by atoms with Gasteiger partial charge in [-0.2, -0.15) is 16.3 Å². The van der Waals surface area contributed by atoms with Crippen LogP contribution in [0.15, 0.2) is 15.3 Å². The van der Waals surface area contributed by atoms with Crippen LogP contribution in [-0.2, 0) is 0 Å². The van der Waals surface area contributed by atoms with Gasteiger partial charge in [0.05, 0.1) is 5.92 Å². The Bertz CT molecular complexity index is 491. The number of hydrogen-bond acceptors (Lipinski definition) is 5. The van der Waals surface area contributed by atoms with Gasteiger partial charge >= 0.3 is 0 Å². The lowest BCUT2D eigenvalue weighted by atomic mass is 10.0. The highest BCUT2D eigenvalue weighted by molar-refractivity contribution is 7.08. The van der Waals surface area contributed by atoms with Crippen molar-refractivity contribution in [3.05, 3.63) is 22.2 Å². The predicted molar refractivity (Wildman–Crippen MR) is 69.3 cm³/mol. The van der Waals surface area contributed by atoms with Crippen molar-refractivity contribution in [2.24, 2.45) is 0 Å². The summed E-state index contributed by atoms with van der Waals surface area (Å²) in [6.07, 6.45) is 0. The Balaban J connectivity index is 2.25. The van der Waals surface area contributed by atoms with Crippen molar-refractivity contribution in [3.8, 4) is 11.4 Å². The van der Waals surface area contributed by atoms with Gasteiger partial charge in [0.2, 0.25) is 11.7 Å². The van der Waals surface area contributed by atoms with Crippen molar-refractivity contribution in [3.63, 3.8) is 0 Å². The van der Waals surface area contributed by atoms with E-state index in [4.69, 9.17) is 4.52 Å². The molecule has 0 saturated carbocycles. The van der Waals surface area contributed by atoms with E-state index < -0.39 is 0 Å². The van der Waals surface area contributed by atoms with E-state index in [9.17, 15) is 0 Å². The molecule has 1 N–H and O–H groups in total. The Hall–Kier alpha value is -1.20. The lowest BCUT2D eigenvalue weighted by molar-refractivity contribution is 0.336. The first-order valence-corrected chi connectivity index (χ1v) is 6.61. The van der Waals surface area contributed by atoms with Gasteiger partial charge in [-0.3, -0.25) is 0 Å². The number of rotatable bonds is 4. The molecule has 0 bridgehead atoms. The maximum atomic E-state index is 5.33. The van der Waals surface area contributed by atoms with Crippen LogP contribution in [0.3, 0.4) is 0 Å². The van der Waals surface area contributed by atoms with Gasteiger partial charge in [0.1, 0.15) is 0 Å². The van der Waals surface area contributed by atoms with Crippen LogP contribution in [0.5, 0.6) is 0 Å². The Morgan fingerprint density at radius 1 is 1.35 bits per heavy atom. The second-order valence-electron chi connectivity index (χ2n) is 4.29. The molecule has 5 heteroatoms. The highest BCUT2D eigenvalue weighted by atomic mass is 32.1. The van der Waals surface area contributed by atoms with Crippen LogP contribution in [-0.4, -0.2) is 23.2 Å². The van der Waals surface area contributed by atoms with Gasteiger partial charge in [-0.15, -0.1) is 0 Å². The van der Waals surface area contributed by atoms with Crippen LogP contribution >= 0.6 is 11.3 Å². The van der Waals surface area contributed by atoms with Crippen LogP contribution in [0.4, 0.5) is 0 Å². The van der Waals surface area contributed by atoms with Gasteiger partial charge in [0.25, 0.3) is 0 Å². The maximum Gasteiger partial charge on any atom is 0.231 e. The fraction of sp³-hybridized carbons (Fsp3) is 0.500. The number of aryl methyl sites for hydroxylation is 1. The van der Waals surface area contributed by atoms with Crippen LogP contribution in [0.2, 0.25) is 0 Å².